The summed E-state index contributed by atoms with van der Waals surface area (Å²) in [6.45, 7) is 4.60. The van der Waals surface area contributed by atoms with Crippen LogP contribution in [0.5, 0.6) is 0 Å². The summed E-state index contributed by atoms with van der Waals surface area (Å²) >= 11 is 3.39. The van der Waals surface area contributed by atoms with Crippen molar-refractivity contribution < 1.29 is 0 Å². The number of alkyl halides is 1. The summed E-state index contributed by atoms with van der Waals surface area (Å²) in [4.78, 5) is 23.0. The number of hydrogen-bond donors (Lipinski definition) is 0. The number of hydrogen-bond acceptors (Lipinski definition) is 2. The quantitative estimate of drug-likeness (QED) is 0.609. The molecular formula is C10H15BrN2O2. The summed E-state index contributed by atoms with van der Waals surface area (Å²) in [6, 6.07) is 0. The fourth-order valence-electron chi connectivity index (χ4n) is 1.22. The summed E-state index contributed by atoms with van der Waals surface area (Å²) in [5, 5.41) is 0.779. The molecule has 0 unspecified atom stereocenters. The van der Waals surface area contributed by atoms with Gasteiger partial charge in [-0.05, 0) is 5.41 Å². The molecule has 1 aromatic rings. The van der Waals surface area contributed by atoms with Crippen molar-refractivity contribution in [3.63, 3.8) is 0 Å². The van der Waals surface area contributed by atoms with Crippen molar-refractivity contribution in [3.05, 3.63) is 33.1 Å². The Kier molecular flexibility index (Phi) is 3.54. The molecule has 0 N–H and O–H groups in total. The van der Waals surface area contributed by atoms with Crippen molar-refractivity contribution in [2.45, 2.75) is 20.4 Å². The van der Waals surface area contributed by atoms with E-state index in [1.807, 2.05) is 13.8 Å². The summed E-state index contributed by atoms with van der Waals surface area (Å²) < 4.78 is 2.75. The van der Waals surface area contributed by atoms with Gasteiger partial charge in [0.25, 0.3) is 0 Å². The Labute approximate surface area is 96.7 Å². The van der Waals surface area contributed by atoms with E-state index in [1.165, 1.54) is 9.13 Å². The predicted molar refractivity (Wildman–Crippen MR) is 63.5 cm³/mol. The van der Waals surface area contributed by atoms with Crippen LogP contribution in [0.3, 0.4) is 0 Å². The Morgan fingerprint density at radius 3 is 2.40 bits per heavy atom. The van der Waals surface area contributed by atoms with Crippen LogP contribution >= 0.6 is 15.9 Å². The zero-order chi connectivity index (χ0) is 11.6. The van der Waals surface area contributed by atoms with Crippen LogP contribution in [0.1, 0.15) is 13.8 Å². The van der Waals surface area contributed by atoms with Crippen LogP contribution in [0.2, 0.25) is 0 Å². The van der Waals surface area contributed by atoms with Crippen LogP contribution < -0.4 is 11.1 Å². The highest BCUT2D eigenvalue weighted by Gasteiger charge is 2.18. The molecule has 0 fully saturated rings. The molecule has 0 aliphatic rings. The third kappa shape index (κ3) is 2.81. The molecule has 0 amide bonds. The van der Waals surface area contributed by atoms with E-state index in [9.17, 15) is 9.59 Å². The Bertz CT molecular complexity index is 459. The average Bonchev–Trinajstić information content (AvgIpc) is 2.19. The van der Waals surface area contributed by atoms with Crippen molar-refractivity contribution in [3.8, 4) is 0 Å². The first-order valence-electron chi connectivity index (χ1n) is 4.69. The molecule has 0 spiro atoms. The van der Waals surface area contributed by atoms with Crippen LogP contribution in [0, 0.1) is 5.41 Å². The number of rotatable bonds is 3. The third-order valence-corrected chi connectivity index (χ3v) is 3.71. The van der Waals surface area contributed by atoms with E-state index >= 15 is 0 Å². The highest BCUT2D eigenvalue weighted by Crippen LogP contribution is 2.19. The lowest BCUT2D eigenvalue weighted by Gasteiger charge is -2.22. The molecule has 0 bridgehead atoms. The van der Waals surface area contributed by atoms with Crippen molar-refractivity contribution in [1.29, 1.82) is 0 Å². The van der Waals surface area contributed by atoms with Crippen molar-refractivity contribution in [2.75, 3.05) is 5.33 Å². The van der Waals surface area contributed by atoms with Gasteiger partial charge in [0.2, 0.25) is 0 Å². The largest absolute Gasteiger partial charge is 0.316 e. The summed E-state index contributed by atoms with van der Waals surface area (Å²) in [6.07, 6.45) is 3.25. The van der Waals surface area contributed by atoms with Crippen molar-refractivity contribution >= 4 is 15.9 Å². The zero-order valence-corrected chi connectivity index (χ0v) is 10.7. The van der Waals surface area contributed by atoms with E-state index in [-0.39, 0.29) is 5.41 Å². The molecule has 84 valence electrons. The lowest BCUT2D eigenvalue weighted by Crippen LogP contribution is -2.41. The Morgan fingerprint density at radius 2 is 1.87 bits per heavy atom. The SMILES string of the molecule is Cn1ccn(CC(C)(C)CBr)c(=O)c1=O. The second-order valence-corrected chi connectivity index (χ2v) is 5.01. The molecule has 0 saturated heterocycles. The lowest BCUT2D eigenvalue weighted by molar-refractivity contribution is 0.346. The minimum Gasteiger partial charge on any atom is -0.312 e. The first-order chi connectivity index (χ1) is 6.87. The minimum absolute atomic E-state index is 0.0454. The van der Waals surface area contributed by atoms with Gasteiger partial charge in [-0.15, -0.1) is 0 Å². The van der Waals surface area contributed by atoms with Gasteiger partial charge < -0.3 is 9.13 Å². The predicted octanol–water partition coefficient (Wildman–Crippen LogP) is 0.968. The van der Waals surface area contributed by atoms with Gasteiger partial charge >= 0.3 is 11.1 Å². The maximum atomic E-state index is 11.6. The molecule has 5 heteroatoms. The van der Waals surface area contributed by atoms with Crippen molar-refractivity contribution in [2.24, 2.45) is 12.5 Å². The maximum Gasteiger partial charge on any atom is 0.316 e. The van der Waals surface area contributed by atoms with Crippen LogP contribution in [0.25, 0.3) is 0 Å². The standard InChI is InChI=1S/C10H15BrN2O2/c1-10(2,6-11)7-13-5-4-12(3)8(14)9(13)15/h4-5H,6-7H2,1-3H3. The Hall–Kier alpha value is -0.840. The second kappa shape index (κ2) is 4.35. The topological polar surface area (TPSA) is 44.0 Å². The van der Waals surface area contributed by atoms with E-state index in [2.05, 4.69) is 15.9 Å². The number of halogens is 1. The number of aromatic nitrogens is 2. The van der Waals surface area contributed by atoms with Crippen LogP contribution in [0.4, 0.5) is 0 Å². The minimum atomic E-state index is -0.483. The molecule has 0 saturated carbocycles. The molecule has 0 aliphatic carbocycles. The van der Waals surface area contributed by atoms with Gasteiger partial charge in [0.05, 0.1) is 0 Å². The molecule has 0 aliphatic heterocycles. The highest BCUT2D eigenvalue weighted by atomic mass is 79.9. The van der Waals surface area contributed by atoms with Crippen LogP contribution in [-0.2, 0) is 13.6 Å². The van der Waals surface area contributed by atoms with Gasteiger partial charge in [0, 0.05) is 31.3 Å². The summed E-state index contributed by atoms with van der Waals surface area (Å²) in [5.41, 5.74) is -0.993. The third-order valence-electron chi connectivity index (χ3n) is 2.19. The van der Waals surface area contributed by atoms with E-state index < -0.39 is 11.1 Å². The number of nitrogens with zero attached hydrogens (tertiary/aromatic N) is 2. The molecule has 1 heterocycles. The molecule has 15 heavy (non-hydrogen) atoms. The van der Waals surface area contributed by atoms with Crippen molar-refractivity contribution in [1.82, 2.24) is 9.13 Å². The van der Waals surface area contributed by atoms with Gasteiger partial charge in [0.15, 0.2) is 0 Å². The van der Waals surface area contributed by atoms with E-state index in [4.69, 9.17) is 0 Å². The molecule has 1 rings (SSSR count). The average molecular weight is 275 g/mol. The first kappa shape index (κ1) is 12.2. The molecule has 1 aromatic heterocycles. The Balaban J connectivity index is 3.14. The van der Waals surface area contributed by atoms with Gasteiger partial charge in [0.1, 0.15) is 0 Å². The van der Waals surface area contributed by atoms with E-state index in [0.717, 1.165) is 5.33 Å². The molecule has 4 nitrogen and oxygen atoms in total. The van der Waals surface area contributed by atoms with Gasteiger partial charge in [-0.2, -0.15) is 0 Å². The molecule has 0 atom stereocenters. The molecule has 0 radical (unpaired) electrons. The highest BCUT2D eigenvalue weighted by molar-refractivity contribution is 9.09. The van der Waals surface area contributed by atoms with Gasteiger partial charge in [-0.3, -0.25) is 9.59 Å². The van der Waals surface area contributed by atoms with Crippen LogP contribution in [0.15, 0.2) is 22.0 Å². The normalized spacial score (nSPS) is 11.7. The van der Waals surface area contributed by atoms with E-state index in [0.29, 0.717) is 6.54 Å². The summed E-state index contributed by atoms with van der Waals surface area (Å²) in [5.74, 6) is 0. The lowest BCUT2D eigenvalue weighted by atomic mass is 9.97. The second-order valence-electron chi connectivity index (χ2n) is 4.45. The number of aryl methyl sites for hydroxylation is 1. The zero-order valence-electron chi connectivity index (χ0n) is 9.16. The van der Waals surface area contributed by atoms with Gasteiger partial charge in [-0.25, -0.2) is 0 Å². The molecular weight excluding hydrogens is 260 g/mol. The van der Waals surface area contributed by atoms with E-state index in [1.54, 1.807) is 19.4 Å². The molecule has 0 aromatic carbocycles. The van der Waals surface area contributed by atoms with Gasteiger partial charge in [-0.1, -0.05) is 29.8 Å². The summed E-state index contributed by atoms with van der Waals surface area (Å²) in [7, 11) is 1.57. The maximum absolute atomic E-state index is 11.6. The fourth-order valence-corrected chi connectivity index (χ4v) is 1.39. The van der Waals surface area contributed by atoms with Crippen LogP contribution in [-0.4, -0.2) is 14.5 Å². The first-order valence-corrected chi connectivity index (χ1v) is 5.81. The fraction of sp³-hybridized carbons (Fsp3) is 0.600. The Morgan fingerprint density at radius 1 is 1.27 bits per heavy atom. The smallest absolute Gasteiger partial charge is 0.312 e. The monoisotopic (exact) mass is 274 g/mol.